The van der Waals surface area contributed by atoms with E-state index in [1.54, 1.807) is 0 Å². The highest BCUT2D eigenvalue weighted by atomic mass is 16.2. The fourth-order valence-corrected chi connectivity index (χ4v) is 3.87. The molecule has 8 heteroatoms. The Bertz CT molecular complexity index is 783. The van der Waals surface area contributed by atoms with Crippen LogP contribution >= 0.6 is 0 Å². The van der Waals surface area contributed by atoms with E-state index in [1.165, 1.54) is 20.8 Å². The van der Waals surface area contributed by atoms with Gasteiger partial charge in [0.2, 0.25) is 0 Å². The summed E-state index contributed by atoms with van der Waals surface area (Å²) in [5.41, 5.74) is 5.24. The molecule has 0 saturated carbocycles. The molecule has 2 rings (SSSR count). The van der Waals surface area contributed by atoms with Crippen molar-refractivity contribution >= 4 is 17.4 Å². The zero-order chi connectivity index (χ0) is 20.8. The molecular weight excluding hydrogens is 358 g/mol. The predicted molar refractivity (Wildman–Crippen MR) is 112 cm³/mol. The summed E-state index contributed by atoms with van der Waals surface area (Å²) in [6.07, 6.45) is 5.08. The maximum atomic E-state index is 13.2. The number of piperidine rings is 1. The maximum Gasteiger partial charge on any atom is 0.330 e. The van der Waals surface area contributed by atoms with E-state index in [0.717, 1.165) is 32.2 Å². The van der Waals surface area contributed by atoms with Gasteiger partial charge in [-0.2, -0.15) is 0 Å². The molecule has 0 bridgehead atoms. The van der Waals surface area contributed by atoms with Gasteiger partial charge in [-0.25, -0.2) is 4.79 Å². The molecule has 0 radical (unpaired) electrons. The first-order valence-corrected chi connectivity index (χ1v) is 10.5. The highest BCUT2D eigenvalue weighted by Gasteiger charge is 2.30. The lowest BCUT2D eigenvalue weighted by Crippen LogP contribution is -3.17. The maximum absolute atomic E-state index is 13.2. The van der Waals surface area contributed by atoms with Crippen LogP contribution in [0.3, 0.4) is 0 Å². The number of carbonyl (C=O) groups is 1. The third kappa shape index (κ3) is 5.25. The van der Waals surface area contributed by atoms with Crippen LogP contribution < -0.4 is 26.8 Å². The van der Waals surface area contributed by atoms with E-state index in [9.17, 15) is 14.4 Å². The van der Waals surface area contributed by atoms with Gasteiger partial charge in [-0.1, -0.05) is 27.2 Å². The molecular formula is C20H36N5O3+. The second-order valence-electron chi connectivity index (χ2n) is 8.38. The lowest BCUT2D eigenvalue weighted by Gasteiger charge is -2.32. The number of nitrogens with two attached hydrogens (primary N) is 1. The molecule has 2 atom stereocenters. The number of anilines is 2. The van der Waals surface area contributed by atoms with Crippen molar-refractivity contribution in [1.82, 2.24) is 9.55 Å². The molecule has 158 valence electrons. The molecule has 1 aliphatic heterocycles. The van der Waals surface area contributed by atoms with Gasteiger partial charge in [0.15, 0.2) is 12.2 Å². The Balaban J connectivity index is 2.40. The summed E-state index contributed by atoms with van der Waals surface area (Å²) in [5, 5.41) is 0. The van der Waals surface area contributed by atoms with E-state index in [0.29, 0.717) is 25.7 Å². The van der Waals surface area contributed by atoms with Crippen LogP contribution in [0.25, 0.3) is 0 Å². The number of aromatic amines is 1. The highest BCUT2D eigenvalue weighted by Crippen LogP contribution is 2.18. The number of carbonyl (C=O) groups excluding carboxylic acids is 1. The molecule has 1 unspecified atom stereocenters. The van der Waals surface area contributed by atoms with Gasteiger partial charge in [0.1, 0.15) is 5.82 Å². The highest BCUT2D eigenvalue weighted by molar-refractivity contribution is 5.96. The monoisotopic (exact) mass is 394 g/mol. The summed E-state index contributed by atoms with van der Waals surface area (Å²) in [5.74, 6) is 0.148. The minimum Gasteiger partial charge on any atom is -0.383 e. The molecule has 1 fully saturated rings. The van der Waals surface area contributed by atoms with Crippen molar-refractivity contribution in [3.8, 4) is 0 Å². The van der Waals surface area contributed by atoms with Crippen molar-refractivity contribution in [3.05, 3.63) is 20.8 Å². The molecule has 1 aromatic heterocycles. The fraction of sp³-hybridized carbons (Fsp3) is 0.750. The van der Waals surface area contributed by atoms with Gasteiger partial charge in [0.05, 0.1) is 12.6 Å². The van der Waals surface area contributed by atoms with Gasteiger partial charge in [-0.15, -0.1) is 0 Å². The topological polar surface area (TPSA) is 106 Å². The molecule has 2 heterocycles. The van der Waals surface area contributed by atoms with Crippen molar-refractivity contribution in [3.63, 3.8) is 0 Å². The van der Waals surface area contributed by atoms with E-state index < -0.39 is 11.2 Å². The smallest absolute Gasteiger partial charge is 0.330 e. The molecule has 8 nitrogen and oxygen atoms in total. The van der Waals surface area contributed by atoms with Crippen molar-refractivity contribution in [2.45, 2.75) is 72.4 Å². The summed E-state index contributed by atoms with van der Waals surface area (Å²) >= 11 is 0. The van der Waals surface area contributed by atoms with Crippen LogP contribution in [0.2, 0.25) is 0 Å². The van der Waals surface area contributed by atoms with E-state index in [1.807, 2.05) is 20.8 Å². The number of aromatic nitrogens is 2. The van der Waals surface area contributed by atoms with Crippen molar-refractivity contribution < 1.29 is 9.69 Å². The predicted octanol–water partition coefficient (Wildman–Crippen LogP) is 0.365. The molecule has 1 aromatic rings. The van der Waals surface area contributed by atoms with Crippen LogP contribution in [0.5, 0.6) is 0 Å². The second-order valence-corrected chi connectivity index (χ2v) is 8.38. The normalized spacial score (nSPS) is 19.8. The summed E-state index contributed by atoms with van der Waals surface area (Å²) < 4.78 is 1.37. The number of H-pyrrole nitrogens is 1. The van der Waals surface area contributed by atoms with Crippen LogP contribution in [0.4, 0.5) is 11.5 Å². The number of hydrogen-bond donors (Lipinski definition) is 3. The second kappa shape index (κ2) is 9.91. The zero-order valence-electron chi connectivity index (χ0n) is 17.7. The minimum absolute atomic E-state index is 0.0774. The first-order valence-electron chi connectivity index (χ1n) is 10.5. The number of unbranched alkanes of at least 4 members (excludes halogenated alkanes) is 1. The van der Waals surface area contributed by atoms with Gasteiger partial charge in [-0.05, 0) is 38.5 Å². The van der Waals surface area contributed by atoms with Crippen LogP contribution in [-0.2, 0) is 11.3 Å². The lowest BCUT2D eigenvalue weighted by molar-refractivity contribution is -0.920. The molecule has 0 aromatic carbocycles. The SMILES string of the molecule is CCCCN(C(=O)C[NH+]1CCCC[C@@H]1C)c1c(N)n(CC(C)C)c(=O)[nH]c1=O. The first-order chi connectivity index (χ1) is 13.3. The molecule has 1 aliphatic rings. The number of nitrogens with zero attached hydrogens (tertiary/aromatic N) is 2. The van der Waals surface area contributed by atoms with Gasteiger partial charge in [0, 0.05) is 13.1 Å². The number of nitrogen functional groups attached to an aromatic ring is 1. The molecule has 1 amide bonds. The third-order valence-corrected chi connectivity index (χ3v) is 5.53. The van der Waals surface area contributed by atoms with Crippen LogP contribution in [0, 0.1) is 5.92 Å². The largest absolute Gasteiger partial charge is 0.383 e. The Kier molecular flexibility index (Phi) is 7.86. The summed E-state index contributed by atoms with van der Waals surface area (Å²) in [4.78, 5) is 43.1. The molecule has 0 aliphatic carbocycles. The van der Waals surface area contributed by atoms with Gasteiger partial charge in [-0.3, -0.25) is 24.0 Å². The Morgan fingerprint density at radius 2 is 2.07 bits per heavy atom. The first kappa shape index (κ1) is 22.2. The van der Waals surface area contributed by atoms with E-state index in [4.69, 9.17) is 5.73 Å². The Morgan fingerprint density at radius 3 is 2.68 bits per heavy atom. The van der Waals surface area contributed by atoms with Crippen molar-refractivity contribution in [2.24, 2.45) is 5.92 Å². The standard InChI is InChI=1S/C20H35N5O3/c1-5-6-11-24(16(26)13-23-10-8-7-9-15(23)4)17-18(21)25(12-14(2)3)20(28)22-19(17)27/h14-15H,5-13,21H2,1-4H3,(H,22,27,28)/p+1/t15-/m0/s1. The van der Waals surface area contributed by atoms with Crippen LogP contribution in [0.1, 0.15) is 59.8 Å². The summed E-state index contributed by atoms with van der Waals surface area (Å²) in [7, 11) is 0. The van der Waals surface area contributed by atoms with E-state index in [-0.39, 0.29) is 23.3 Å². The average Bonchev–Trinajstić information content (AvgIpc) is 2.63. The number of hydrogen-bond acceptors (Lipinski definition) is 4. The zero-order valence-corrected chi connectivity index (χ0v) is 17.7. The van der Waals surface area contributed by atoms with Crippen molar-refractivity contribution in [1.29, 1.82) is 0 Å². The van der Waals surface area contributed by atoms with E-state index in [2.05, 4.69) is 11.9 Å². The Labute approximate surface area is 166 Å². The number of nitrogens with one attached hydrogen (secondary N) is 2. The number of likely N-dealkylation sites (tertiary alicyclic amines) is 1. The van der Waals surface area contributed by atoms with Crippen molar-refractivity contribution in [2.75, 3.05) is 30.3 Å². The van der Waals surface area contributed by atoms with Crippen LogP contribution in [0.15, 0.2) is 9.59 Å². The minimum atomic E-state index is -0.589. The van der Waals surface area contributed by atoms with Gasteiger partial charge >= 0.3 is 5.69 Å². The summed E-state index contributed by atoms with van der Waals surface area (Å²) in [6, 6.07) is 0.427. The van der Waals surface area contributed by atoms with Gasteiger partial charge in [0.25, 0.3) is 11.5 Å². The third-order valence-electron chi connectivity index (χ3n) is 5.53. The number of amides is 1. The Hall–Kier alpha value is -2.09. The molecule has 1 saturated heterocycles. The number of rotatable bonds is 8. The van der Waals surface area contributed by atoms with Gasteiger partial charge < -0.3 is 10.6 Å². The number of quaternary nitrogens is 1. The lowest BCUT2D eigenvalue weighted by atomic mass is 10.0. The van der Waals surface area contributed by atoms with Crippen LogP contribution in [-0.4, -0.2) is 41.1 Å². The molecule has 0 spiro atoms. The Morgan fingerprint density at radius 1 is 1.36 bits per heavy atom. The fourth-order valence-electron chi connectivity index (χ4n) is 3.87. The molecule has 4 N–H and O–H groups in total. The molecule has 28 heavy (non-hydrogen) atoms. The quantitative estimate of drug-likeness (QED) is 0.592. The average molecular weight is 395 g/mol. The summed E-state index contributed by atoms with van der Waals surface area (Å²) in [6.45, 7) is 10.3. The van der Waals surface area contributed by atoms with E-state index >= 15 is 0 Å².